The highest BCUT2D eigenvalue weighted by Crippen LogP contribution is 2.28. The van der Waals surface area contributed by atoms with Gasteiger partial charge in [-0.25, -0.2) is 5.43 Å². The molecule has 138 valence electrons. The van der Waals surface area contributed by atoms with Gasteiger partial charge < -0.3 is 4.74 Å². The Balaban J connectivity index is 1.95. The Hall–Kier alpha value is -2.62. The Morgan fingerprint density at radius 1 is 1.19 bits per heavy atom. The number of rotatable bonds is 7. The Morgan fingerprint density at radius 3 is 2.50 bits per heavy atom. The molecule has 4 heteroatoms. The minimum Gasteiger partial charge on any atom is -0.483 e. The van der Waals surface area contributed by atoms with Crippen molar-refractivity contribution in [3.05, 3.63) is 64.2 Å². The molecule has 1 amide bonds. The van der Waals surface area contributed by atoms with Gasteiger partial charge in [0.25, 0.3) is 5.91 Å². The highest BCUT2D eigenvalue weighted by Gasteiger charge is 2.11. The number of hydrogen-bond acceptors (Lipinski definition) is 3. The van der Waals surface area contributed by atoms with Gasteiger partial charge in [0.2, 0.25) is 0 Å². The molecule has 0 heterocycles. The summed E-state index contributed by atoms with van der Waals surface area (Å²) in [6.07, 6.45) is 2.71. The number of hydrogen-bond donors (Lipinski definition) is 1. The molecule has 2 aromatic rings. The van der Waals surface area contributed by atoms with Crippen LogP contribution in [0.4, 0.5) is 0 Å². The number of hydrazone groups is 1. The molecule has 4 nitrogen and oxygen atoms in total. The second kappa shape index (κ2) is 9.18. The van der Waals surface area contributed by atoms with E-state index >= 15 is 0 Å². The molecule has 1 atom stereocenters. The normalized spacial score (nSPS) is 12.2. The summed E-state index contributed by atoms with van der Waals surface area (Å²) >= 11 is 0. The van der Waals surface area contributed by atoms with Crippen LogP contribution in [0.3, 0.4) is 0 Å². The van der Waals surface area contributed by atoms with Crippen molar-refractivity contribution in [3.8, 4) is 5.75 Å². The number of nitrogens with one attached hydrogen (secondary N) is 1. The van der Waals surface area contributed by atoms with E-state index in [0.29, 0.717) is 5.92 Å². The summed E-state index contributed by atoms with van der Waals surface area (Å²) < 4.78 is 5.70. The average molecular weight is 352 g/mol. The number of nitrogens with zero attached hydrogens (tertiary/aromatic N) is 1. The first-order valence-electron chi connectivity index (χ1n) is 9.03. The van der Waals surface area contributed by atoms with Crippen molar-refractivity contribution in [1.29, 1.82) is 0 Å². The minimum absolute atomic E-state index is 0.0589. The first-order valence-corrected chi connectivity index (χ1v) is 9.03. The van der Waals surface area contributed by atoms with Crippen LogP contribution < -0.4 is 10.2 Å². The van der Waals surface area contributed by atoms with Gasteiger partial charge >= 0.3 is 0 Å². The quantitative estimate of drug-likeness (QED) is 0.582. The van der Waals surface area contributed by atoms with Crippen molar-refractivity contribution < 1.29 is 9.53 Å². The van der Waals surface area contributed by atoms with Crippen molar-refractivity contribution in [2.24, 2.45) is 5.10 Å². The summed E-state index contributed by atoms with van der Waals surface area (Å²) in [6.45, 7) is 10.4. The largest absolute Gasteiger partial charge is 0.483 e. The Morgan fingerprint density at radius 2 is 1.85 bits per heavy atom. The molecule has 0 saturated carbocycles. The van der Waals surface area contributed by atoms with E-state index in [4.69, 9.17) is 4.74 Å². The molecule has 0 aromatic heterocycles. The highest BCUT2D eigenvalue weighted by molar-refractivity contribution is 5.85. The molecule has 2 aromatic carbocycles. The molecule has 0 saturated heterocycles. The molecular formula is C22H28N2O2. The van der Waals surface area contributed by atoms with E-state index in [1.165, 1.54) is 5.56 Å². The number of aryl methyl sites for hydroxylation is 3. The summed E-state index contributed by atoms with van der Waals surface area (Å²) in [4.78, 5) is 12.0. The summed E-state index contributed by atoms with van der Waals surface area (Å²) in [7, 11) is 0. The molecule has 0 aliphatic heterocycles. The lowest BCUT2D eigenvalue weighted by atomic mass is 9.98. The smallest absolute Gasteiger partial charge is 0.277 e. The predicted molar refractivity (Wildman–Crippen MR) is 107 cm³/mol. The Bertz CT molecular complexity index is 773. The molecule has 1 N–H and O–H groups in total. The van der Waals surface area contributed by atoms with Crippen LogP contribution in [0, 0.1) is 20.8 Å². The molecule has 0 bridgehead atoms. The van der Waals surface area contributed by atoms with Crippen LogP contribution in [-0.4, -0.2) is 18.7 Å². The van der Waals surface area contributed by atoms with Gasteiger partial charge in [-0.15, -0.1) is 0 Å². The van der Waals surface area contributed by atoms with Crippen LogP contribution in [0.5, 0.6) is 5.75 Å². The van der Waals surface area contributed by atoms with Gasteiger partial charge in [-0.2, -0.15) is 5.10 Å². The second-order valence-corrected chi connectivity index (χ2v) is 6.74. The maximum Gasteiger partial charge on any atom is 0.277 e. The van der Waals surface area contributed by atoms with Crippen LogP contribution in [-0.2, 0) is 4.79 Å². The third kappa shape index (κ3) is 5.19. The molecule has 2 rings (SSSR count). The second-order valence-electron chi connectivity index (χ2n) is 6.74. The van der Waals surface area contributed by atoms with E-state index < -0.39 is 0 Å². The number of amides is 1. The van der Waals surface area contributed by atoms with Gasteiger partial charge in [0.05, 0.1) is 6.21 Å². The first kappa shape index (κ1) is 19.7. The van der Waals surface area contributed by atoms with Gasteiger partial charge in [-0.1, -0.05) is 49.7 Å². The van der Waals surface area contributed by atoms with Gasteiger partial charge in [-0.3, -0.25) is 4.79 Å². The average Bonchev–Trinajstić information content (AvgIpc) is 2.61. The highest BCUT2D eigenvalue weighted by atomic mass is 16.5. The van der Waals surface area contributed by atoms with Gasteiger partial charge in [0, 0.05) is 5.56 Å². The van der Waals surface area contributed by atoms with Gasteiger partial charge in [0.1, 0.15) is 5.75 Å². The molecule has 0 radical (unpaired) electrons. The lowest BCUT2D eigenvalue weighted by Gasteiger charge is -2.15. The summed E-state index contributed by atoms with van der Waals surface area (Å²) in [5.74, 6) is 0.869. The van der Waals surface area contributed by atoms with Crippen molar-refractivity contribution in [3.63, 3.8) is 0 Å². The fourth-order valence-corrected chi connectivity index (χ4v) is 2.98. The van der Waals surface area contributed by atoms with Gasteiger partial charge in [-0.05, 0) is 55.9 Å². The van der Waals surface area contributed by atoms with Gasteiger partial charge in [0.15, 0.2) is 6.61 Å². The van der Waals surface area contributed by atoms with Crippen molar-refractivity contribution in [1.82, 2.24) is 5.43 Å². The van der Waals surface area contributed by atoms with E-state index in [9.17, 15) is 4.79 Å². The molecular weight excluding hydrogens is 324 g/mol. The predicted octanol–water partition coefficient (Wildman–Crippen LogP) is 4.65. The number of benzene rings is 2. The zero-order valence-corrected chi connectivity index (χ0v) is 16.3. The molecule has 0 aliphatic carbocycles. The zero-order valence-electron chi connectivity index (χ0n) is 16.3. The summed E-state index contributed by atoms with van der Waals surface area (Å²) in [5.41, 5.74) is 8.18. The molecule has 26 heavy (non-hydrogen) atoms. The SMILES string of the molecule is CCC(C)c1ccccc1OCC(=O)N/N=C/c1c(C)cc(C)cc1C. The Labute approximate surface area is 156 Å². The number of ether oxygens (including phenoxy) is 1. The van der Waals surface area contributed by atoms with Crippen LogP contribution >= 0.6 is 0 Å². The lowest BCUT2D eigenvalue weighted by Crippen LogP contribution is -2.25. The number of carbonyl (C=O) groups excluding carboxylic acids is 1. The minimum atomic E-state index is -0.275. The molecule has 0 aliphatic rings. The monoisotopic (exact) mass is 352 g/mol. The van der Waals surface area contributed by atoms with Crippen LogP contribution in [0.15, 0.2) is 41.5 Å². The van der Waals surface area contributed by atoms with Crippen LogP contribution in [0.1, 0.15) is 54.0 Å². The molecule has 1 unspecified atom stereocenters. The van der Waals surface area contributed by atoms with E-state index in [1.807, 2.05) is 38.1 Å². The standard InChI is InChI=1S/C22H28N2O2/c1-6-16(3)19-9-7-8-10-21(19)26-14-22(25)24-23-13-20-17(4)11-15(2)12-18(20)5/h7-13,16H,6,14H2,1-5H3,(H,24,25)/b23-13+. The van der Waals surface area contributed by atoms with Crippen molar-refractivity contribution >= 4 is 12.1 Å². The topological polar surface area (TPSA) is 50.7 Å². The van der Waals surface area contributed by atoms with Crippen LogP contribution in [0.25, 0.3) is 0 Å². The summed E-state index contributed by atoms with van der Waals surface area (Å²) in [6, 6.07) is 12.1. The maximum atomic E-state index is 12.0. The zero-order chi connectivity index (χ0) is 19.1. The third-order valence-corrected chi connectivity index (χ3v) is 4.54. The fraction of sp³-hybridized carbons (Fsp3) is 0.364. The van der Waals surface area contributed by atoms with Crippen molar-refractivity contribution in [2.45, 2.75) is 47.0 Å². The van der Waals surface area contributed by atoms with E-state index in [1.54, 1.807) is 6.21 Å². The maximum absolute atomic E-state index is 12.0. The van der Waals surface area contributed by atoms with Crippen LogP contribution in [0.2, 0.25) is 0 Å². The Kier molecular flexibility index (Phi) is 6.96. The number of carbonyl (C=O) groups is 1. The number of para-hydroxylation sites is 1. The van der Waals surface area contributed by atoms with E-state index in [2.05, 4.69) is 43.4 Å². The summed E-state index contributed by atoms with van der Waals surface area (Å²) in [5, 5.41) is 4.07. The molecule has 0 fully saturated rings. The lowest BCUT2D eigenvalue weighted by molar-refractivity contribution is -0.123. The fourth-order valence-electron chi connectivity index (χ4n) is 2.98. The first-order chi connectivity index (χ1) is 12.4. The van der Waals surface area contributed by atoms with E-state index in [0.717, 1.165) is 34.4 Å². The van der Waals surface area contributed by atoms with E-state index in [-0.39, 0.29) is 12.5 Å². The molecule has 0 spiro atoms. The third-order valence-electron chi connectivity index (χ3n) is 4.54. The van der Waals surface area contributed by atoms with Crippen molar-refractivity contribution in [2.75, 3.05) is 6.61 Å².